The zero-order valence-corrected chi connectivity index (χ0v) is 44.0. The number of aromatic amines is 1. The maximum atomic E-state index is 15.7. The number of fused-ring (bicyclic) bond motifs is 10. The molecular formula is C59H67N3O7Si2. The van der Waals surface area contributed by atoms with Crippen molar-refractivity contribution in [2.24, 2.45) is 0 Å². The molecule has 0 saturated carbocycles. The van der Waals surface area contributed by atoms with Crippen molar-refractivity contribution in [3.8, 4) is 0 Å². The summed E-state index contributed by atoms with van der Waals surface area (Å²) in [5.74, 6) is -0.376. The van der Waals surface area contributed by atoms with Crippen LogP contribution in [-0.4, -0.2) is 73.5 Å². The maximum absolute atomic E-state index is 15.7. The van der Waals surface area contributed by atoms with Crippen LogP contribution >= 0.6 is 0 Å². The van der Waals surface area contributed by atoms with Crippen molar-refractivity contribution in [2.45, 2.75) is 128 Å². The van der Waals surface area contributed by atoms with E-state index in [1.54, 1.807) is 4.57 Å². The predicted molar refractivity (Wildman–Crippen MR) is 289 cm³/mol. The minimum absolute atomic E-state index is 0.182. The number of nitrogens with one attached hydrogen (secondary N) is 1. The van der Waals surface area contributed by atoms with E-state index >= 15 is 9.59 Å². The number of hydrogen-bond donors (Lipinski definition) is 1. The normalized spacial score (nSPS) is 19.7. The molecule has 10 nitrogen and oxygen atoms in total. The van der Waals surface area contributed by atoms with Gasteiger partial charge in [0, 0.05) is 27.1 Å². The van der Waals surface area contributed by atoms with Gasteiger partial charge in [0.25, 0.3) is 11.8 Å². The van der Waals surface area contributed by atoms with Gasteiger partial charge < -0.3 is 37.5 Å². The molecule has 0 aliphatic carbocycles. The van der Waals surface area contributed by atoms with E-state index in [1.807, 2.05) is 78.9 Å². The molecule has 2 amide bonds. The van der Waals surface area contributed by atoms with Gasteiger partial charge in [-0.1, -0.05) is 169 Å². The van der Waals surface area contributed by atoms with Gasteiger partial charge in [-0.05, 0) is 65.1 Å². The average Bonchev–Trinajstić information content (AvgIpc) is 4.06. The van der Waals surface area contributed by atoms with Gasteiger partial charge in [-0.2, -0.15) is 0 Å². The molecule has 0 unspecified atom stereocenters. The van der Waals surface area contributed by atoms with Crippen molar-refractivity contribution >= 4 is 72.0 Å². The predicted octanol–water partition coefficient (Wildman–Crippen LogP) is 13.7. The van der Waals surface area contributed by atoms with Crippen LogP contribution in [0.1, 0.15) is 85.2 Å². The molecule has 0 bridgehead atoms. The Bertz CT molecular complexity index is 3130. The maximum Gasteiger partial charge on any atom is 0.254 e. The molecule has 0 spiro atoms. The van der Waals surface area contributed by atoms with E-state index in [1.165, 1.54) is 0 Å². The molecule has 12 heteroatoms. The second kappa shape index (κ2) is 20.8. The summed E-state index contributed by atoms with van der Waals surface area (Å²) in [6, 6.07) is 52.1. The third-order valence-electron chi connectivity index (χ3n) is 16.0. The summed E-state index contributed by atoms with van der Waals surface area (Å²) >= 11 is 0. The molecule has 2 aliphatic rings. The molecule has 1 N–H and O–H groups in total. The standard InChI is InChI=1S/C59H67N3O7Si2/c1-7-70(8-2,9-3)62-57(63)50-48-43-32-22-24-34-45(43)60-52(48)53-49(51(50)58(62)64)44-33-23-25-35-46(44)61(53)59-56(69-71(10-4,11-5)12-6)55(67-38-42-30-20-15-21-31-42)54(66-37-41-28-18-14-19-29-41)47(68-59)39-65-36-40-26-16-13-17-27-40/h13-35,47,54-56,59-60H,7-12,36-39H2,1-6H3/t47-,54-,55+,56-,59-/m1/s1. The molecule has 368 valence electrons. The minimum atomic E-state index is -2.57. The summed E-state index contributed by atoms with van der Waals surface area (Å²) in [4.78, 5) is 34.9. The van der Waals surface area contributed by atoms with Gasteiger partial charge in [-0.3, -0.25) is 9.59 Å². The van der Waals surface area contributed by atoms with Crippen LogP contribution in [0.15, 0.2) is 140 Å². The van der Waals surface area contributed by atoms with Crippen LogP contribution in [-0.2, 0) is 43.2 Å². The Kier molecular flexibility index (Phi) is 14.3. The highest BCUT2D eigenvalue weighted by Gasteiger charge is 2.54. The van der Waals surface area contributed by atoms with Gasteiger partial charge in [-0.25, -0.2) is 0 Å². The molecule has 71 heavy (non-hydrogen) atoms. The minimum Gasteiger partial charge on any atom is -0.407 e. The molecular weight excluding hydrogens is 919 g/mol. The number of carbonyl (C=O) groups excluding carboxylic acids is 2. The summed E-state index contributed by atoms with van der Waals surface area (Å²) in [5, 5.41) is 3.27. The van der Waals surface area contributed by atoms with Gasteiger partial charge in [-0.15, -0.1) is 0 Å². The van der Waals surface area contributed by atoms with E-state index in [9.17, 15) is 0 Å². The first kappa shape index (κ1) is 48.9. The van der Waals surface area contributed by atoms with Gasteiger partial charge >= 0.3 is 0 Å². The highest BCUT2D eigenvalue weighted by Crippen LogP contribution is 2.50. The number of rotatable bonds is 20. The van der Waals surface area contributed by atoms with Crippen molar-refractivity contribution < 1.29 is 33.0 Å². The Morgan fingerprint density at radius 3 is 1.63 bits per heavy atom. The lowest BCUT2D eigenvalue weighted by molar-refractivity contribution is -0.273. The lowest BCUT2D eigenvalue weighted by Gasteiger charge is -2.49. The molecule has 5 atom stereocenters. The smallest absolute Gasteiger partial charge is 0.254 e. The summed E-state index contributed by atoms with van der Waals surface area (Å²) in [6.07, 6.45) is -3.39. The number of H-pyrrole nitrogens is 1. The van der Waals surface area contributed by atoms with Gasteiger partial charge in [0.15, 0.2) is 22.8 Å². The van der Waals surface area contributed by atoms with Gasteiger partial charge in [0.05, 0.1) is 54.1 Å². The number of aromatic nitrogens is 2. The Labute approximate surface area is 419 Å². The number of nitrogens with zero attached hydrogens (tertiary/aromatic N) is 2. The topological polar surface area (TPSA) is 104 Å². The third-order valence-corrected chi connectivity index (χ3v) is 26.0. The fourth-order valence-electron chi connectivity index (χ4n) is 11.7. The first-order valence-electron chi connectivity index (χ1n) is 25.9. The molecule has 2 aromatic heterocycles. The molecule has 2 aliphatic heterocycles. The Hall–Kier alpha value is -5.71. The fraction of sp³-hybridized carbons (Fsp3) is 0.356. The first-order chi connectivity index (χ1) is 34.7. The highest BCUT2D eigenvalue weighted by molar-refractivity contribution is 6.82. The van der Waals surface area contributed by atoms with Crippen LogP contribution in [0.3, 0.4) is 0 Å². The summed E-state index contributed by atoms with van der Waals surface area (Å²) in [5.41, 5.74) is 7.40. The van der Waals surface area contributed by atoms with E-state index in [-0.39, 0.29) is 18.4 Å². The SMILES string of the molecule is CC[Si](CC)(CC)O[C@@H]1[C@@H](OCc2ccccc2)[C@H](OCc2ccccc2)[C@@H](COCc2ccccc2)O[C@H]1n1c2ccccc2c2c3c(c4c5ccccc5[nH]c4c21)C(=O)N([Si](CC)(CC)CC)C3=O. The monoisotopic (exact) mass is 985 g/mol. The molecule has 8 aromatic rings. The van der Waals surface area contributed by atoms with Crippen LogP contribution in [0.5, 0.6) is 0 Å². The molecule has 0 radical (unpaired) electrons. The second-order valence-corrected chi connectivity index (χ2v) is 29.2. The number of imide groups is 1. The number of carbonyl (C=O) groups is 2. The number of amides is 2. The lowest BCUT2D eigenvalue weighted by atomic mass is 9.96. The van der Waals surface area contributed by atoms with Gasteiger partial charge in [0.1, 0.15) is 24.4 Å². The fourth-order valence-corrected chi connectivity index (χ4v) is 18.1. The van der Waals surface area contributed by atoms with E-state index in [0.717, 1.165) is 96.6 Å². The van der Waals surface area contributed by atoms with Gasteiger partial charge in [0.2, 0.25) is 0 Å². The molecule has 1 fully saturated rings. The Morgan fingerprint density at radius 2 is 1.06 bits per heavy atom. The van der Waals surface area contributed by atoms with Crippen LogP contribution in [0.25, 0.3) is 43.6 Å². The zero-order valence-electron chi connectivity index (χ0n) is 42.0. The van der Waals surface area contributed by atoms with Crippen molar-refractivity contribution in [3.05, 3.63) is 167 Å². The molecule has 6 aromatic carbocycles. The van der Waals surface area contributed by atoms with Crippen LogP contribution in [0.2, 0.25) is 36.3 Å². The van der Waals surface area contributed by atoms with Crippen molar-refractivity contribution in [2.75, 3.05) is 6.61 Å². The number of ether oxygens (including phenoxy) is 4. The Morgan fingerprint density at radius 1 is 0.549 bits per heavy atom. The van der Waals surface area contributed by atoms with Crippen molar-refractivity contribution in [3.63, 3.8) is 0 Å². The van der Waals surface area contributed by atoms with Crippen LogP contribution in [0, 0.1) is 0 Å². The highest BCUT2D eigenvalue weighted by atomic mass is 28.4. The summed E-state index contributed by atoms with van der Waals surface area (Å²) in [6.45, 7) is 14.4. The lowest BCUT2D eigenvalue weighted by Crippen LogP contribution is -2.61. The molecule has 4 heterocycles. The van der Waals surface area contributed by atoms with E-state index < -0.39 is 47.2 Å². The molecule has 1 saturated heterocycles. The number of hydrogen-bond acceptors (Lipinski definition) is 7. The second-order valence-electron chi connectivity index (χ2n) is 19.4. The summed E-state index contributed by atoms with van der Waals surface area (Å²) in [7, 11) is -5.05. The first-order valence-corrected chi connectivity index (χ1v) is 31.0. The molecule has 10 rings (SSSR count). The van der Waals surface area contributed by atoms with Crippen molar-refractivity contribution in [1.82, 2.24) is 14.1 Å². The van der Waals surface area contributed by atoms with Crippen molar-refractivity contribution in [1.29, 1.82) is 0 Å². The average molecular weight is 986 g/mol. The largest absolute Gasteiger partial charge is 0.407 e. The van der Waals surface area contributed by atoms with E-state index in [4.69, 9.17) is 23.4 Å². The number of para-hydroxylation sites is 2. The zero-order chi connectivity index (χ0) is 49.3. The van der Waals surface area contributed by atoms with Crippen LogP contribution in [0.4, 0.5) is 0 Å². The van der Waals surface area contributed by atoms with E-state index in [0.29, 0.717) is 30.9 Å². The summed E-state index contributed by atoms with van der Waals surface area (Å²) < 4.78 is 40.8. The van der Waals surface area contributed by atoms with Crippen LogP contribution < -0.4 is 0 Å². The third kappa shape index (κ3) is 8.71. The van der Waals surface area contributed by atoms with E-state index in [2.05, 4.69) is 112 Å². The Balaban J connectivity index is 1.25. The quantitative estimate of drug-likeness (QED) is 0.0599. The number of benzene rings is 6.